The highest BCUT2D eigenvalue weighted by Crippen LogP contribution is 2.61. The average molecular weight is 441 g/mol. The predicted octanol–water partition coefficient (Wildman–Crippen LogP) is 4.45. The SMILES string of the molecule is O=C(CC1Sc2ccccc2NC1=O)Nc1nnc(C23CC4CC(CC(C4)C2)C3)s1. The van der Waals surface area contributed by atoms with Crippen LogP contribution in [0, 0.1) is 17.8 Å². The molecule has 8 heteroatoms. The minimum absolute atomic E-state index is 0.122. The predicted molar refractivity (Wildman–Crippen MR) is 118 cm³/mol. The maximum atomic E-state index is 12.6. The molecule has 1 atom stereocenters. The summed E-state index contributed by atoms with van der Waals surface area (Å²) >= 11 is 2.98. The van der Waals surface area contributed by atoms with Crippen molar-refractivity contribution >= 4 is 45.7 Å². The molecule has 5 aliphatic rings. The summed E-state index contributed by atoms with van der Waals surface area (Å²) < 4.78 is 0. The highest BCUT2D eigenvalue weighted by Gasteiger charge is 2.53. The lowest BCUT2D eigenvalue weighted by molar-refractivity contribution is -0.120. The van der Waals surface area contributed by atoms with E-state index in [1.165, 1.54) is 61.6 Å². The van der Waals surface area contributed by atoms with Crippen LogP contribution in [0.4, 0.5) is 10.8 Å². The molecule has 4 saturated carbocycles. The lowest BCUT2D eigenvalue weighted by atomic mass is 9.50. The van der Waals surface area contributed by atoms with Gasteiger partial charge >= 0.3 is 0 Å². The lowest BCUT2D eigenvalue weighted by Gasteiger charge is -2.55. The first-order chi connectivity index (χ1) is 14.6. The van der Waals surface area contributed by atoms with E-state index in [4.69, 9.17) is 0 Å². The zero-order valence-electron chi connectivity index (χ0n) is 16.6. The van der Waals surface area contributed by atoms with Crippen molar-refractivity contribution in [3.63, 3.8) is 0 Å². The van der Waals surface area contributed by atoms with Crippen molar-refractivity contribution < 1.29 is 9.59 Å². The number of rotatable bonds is 4. The molecule has 1 aliphatic heterocycles. The molecule has 0 spiro atoms. The second-order valence-electron chi connectivity index (χ2n) is 9.45. The summed E-state index contributed by atoms with van der Waals surface area (Å²) in [5, 5.41) is 15.8. The van der Waals surface area contributed by atoms with Crippen molar-refractivity contribution in [1.82, 2.24) is 10.2 Å². The maximum Gasteiger partial charge on any atom is 0.238 e. The van der Waals surface area contributed by atoms with Gasteiger partial charge in [-0.2, -0.15) is 0 Å². The van der Waals surface area contributed by atoms with E-state index in [2.05, 4.69) is 20.8 Å². The highest BCUT2D eigenvalue weighted by molar-refractivity contribution is 8.01. The number of anilines is 2. The fourth-order valence-electron chi connectivity index (χ4n) is 6.43. The zero-order chi connectivity index (χ0) is 20.3. The molecule has 7 rings (SSSR count). The van der Waals surface area contributed by atoms with Gasteiger partial charge in [0.1, 0.15) is 5.01 Å². The van der Waals surface area contributed by atoms with Gasteiger partial charge in [-0.25, -0.2) is 0 Å². The van der Waals surface area contributed by atoms with E-state index in [0.29, 0.717) is 5.13 Å². The Balaban J connectivity index is 1.13. The van der Waals surface area contributed by atoms with E-state index >= 15 is 0 Å². The van der Waals surface area contributed by atoms with Crippen LogP contribution in [0.1, 0.15) is 50.0 Å². The molecule has 2 amide bonds. The van der Waals surface area contributed by atoms with Crippen LogP contribution in [0.25, 0.3) is 0 Å². The van der Waals surface area contributed by atoms with Gasteiger partial charge in [0.15, 0.2) is 0 Å². The minimum atomic E-state index is -0.435. The first kappa shape index (κ1) is 18.8. The Morgan fingerprint density at radius 2 is 1.80 bits per heavy atom. The summed E-state index contributed by atoms with van der Waals surface area (Å²) in [7, 11) is 0. The van der Waals surface area contributed by atoms with Crippen molar-refractivity contribution in [2.75, 3.05) is 10.6 Å². The average Bonchev–Trinajstić information content (AvgIpc) is 3.17. The molecule has 2 heterocycles. The normalized spacial score (nSPS) is 33.8. The number of hydrogen-bond acceptors (Lipinski definition) is 6. The van der Waals surface area contributed by atoms with Crippen LogP contribution < -0.4 is 10.6 Å². The van der Waals surface area contributed by atoms with Crippen LogP contribution in [0.15, 0.2) is 29.2 Å². The summed E-state index contributed by atoms with van der Waals surface area (Å²) in [6.45, 7) is 0. The Labute approximate surface area is 183 Å². The Kier molecular flexibility index (Phi) is 4.42. The molecule has 0 saturated heterocycles. The number of nitrogens with zero attached hydrogens (tertiary/aromatic N) is 2. The molecular formula is C22H24N4O2S2. The van der Waals surface area contributed by atoms with Crippen LogP contribution in [0.2, 0.25) is 0 Å². The highest BCUT2D eigenvalue weighted by atomic mass is 32.2. The fraction of sp³-hybridized carbons (Fsp3) is 0.545. The van der Waals surface area contributed by atoms with Crippen molar-refractivity contribution in [3.8, 4) is 0 Å². The first-order valence-corrected chi connectivity index (χ1v) is 12.5. The van der Waals surface area contributed by atoms with Crippen molar-refractivity contribution in [1.29, 1.82) is 0 Å². The molecular weight excluding hydrogens is 416 g/mol. The van der Waals surface area contributed by atoms with Crippen LogP contribution >= 0.6 is 23.1 Å². The number of aromatic nitrogens is 2. The largest absolute Gasteiger partial charge is 0.324 e. The summed E-state index contributed by atoms with van der Waals surface area (Å²) in [4.78, 5) is 26.0. The van der Waals surface area contributed by atoms with E-state index < -0.39 is 5.25 Å². The smallest absolute Gasteiger partial charge is 0.238 e. The summed E-state index contributed by atoms with van der Waals surface area (Å²) in [6.07, 6.45) is 8.01. The number of para-hydroxylation sites is 1. The van der Waals surface area contributed by atoms with Crippen LogP contribution in [-0.4, -0.2) is 27.3 Å². The molecule has 1 unspecified atom stereocenters. The van der Waals surface area contributed by atoms with Gasteiger partial charge in [0.05, 0.1) is 10.9 Å². The van der Waals surface area contributed by atoms with Gasteiger partial charge in [0, 0.05) is 16.7 Å². The third kappa shape index (κ3) is 3.24. The topological polar surface area (TPSA) is 84.0 Å². The number of carbonyl (C=O) groups excluding carboxylic acids is 2. The molecule has 156 valence electrons. The Bertz CT molecular complexity index is 985. The van der Waals surface area contributed by atoms with E-state index in [1.54, 1.807) is 0 Å². The first-order valence-electron chi connectivity index (χ1n) is 10.8. The quantitative estimate of drug-likeness (QED) is 0.734. The Hall–Kier alpha value is -1.93. The molecule has 2 aromatic rings. The summed E-state index contributed by atoms with van der Waals surface area (Å²) in [5.74, 6) is 2.24. The monoisotopic (exact) mass is 440 g/mol. The third-order valence-corrected chi connectivity index (χ3v) is 9.60. The molecule has 1 aromatic carbocycles. The second-order valence-corrected chi connectivity index (χ2v) is 11.7. The zero-order valence-corrected chi connectivity index (χ0v) is 18.2. The van der Waals surface area contributed by atoms with E-state index in [9.17, 15) is 9.59 Å². The van der Waals surface area contributed by atoms with Crippen molar-refractivity contribution in [2.24, 2.45) is 17.8 Å². The van der Waals surface area contributed by atoms with E-state index in [1.807, 2.05) is 24.3 Å². The third-order valence-electron chi connectivity index (χ3n) is 7.24. The van der Waals surface area contributed by atoms with Crippen LogP contribution in [-0.2, 0) is 15.0 Å². The Morgan fingerprint density at radius 3 is 2.53 bits per heavy atom. The molecule has 4 fully saturated rings. The van der Waals surface area contributed by atoms with Gasteiger partial charge in [0.25, 0.3) is 0 Å². The number of hydrogen-bond donors (Lipinski definition) is 2. The van der Waals surface area contributed by atoms with Crippen LogP contribution in [0.3, 0.4) is 0 Å². The number of thioether (sulfide) groups is 1. The van der Waals surface area contributed by atoms with Crippen molar-refractivity contribution in [2.45, 2.75) is 60.5 Å². The van der Waals surface area contributed by atoms with Gasteiger partial charge in [-0.15, -0.1) is 22.0 Å². The molecule has 2 N–H and O–H groups in total. The van der Waals surface area contributed by atoms with Gasteiger partial charge in [0.2, 0.25) is 16.9 Å². The number of fused-ring (bicyclic) bond motifs is 1. The summed E-state index contributed by atoms with van der Waals surface area (Å²) in [6, 6.07) is 7.67. The van der Waals surface area contributed by atoms with Crippen molar-refractivity contribution in [3.05, 3.63) is 29.3 Å². The fourth-order valence-corrected chi connectivity index (χ4v) is 8.51. The van der Waals surface area contributed by atoms with Gasteiger partial charge in [-0.05, 0) is 68.4 Å². The second kappa shape index (κ2) is 7.05. The molecule has 1 aromatic heterocycles. The van der Waals surface area contributed by atoms with Gasteiger partial charge in [-0.3, -0.25) is 9.59 Å². The summed E-state index contributed by atoms with van der Waals surface area (Å²) in [5.41, 5.74) is 1.01. The standard InChI is InChI=1S/C22H24N4O2S2/c27-18(8-17-19(28)23-15-3-1-2-4-16(15)29-17)24-21-26-25-20(30-21)22-9-12-5-13(10-22)7-14(6-12)11-22/h1-4,12-14,17H,5-11H2,(H,23,28)(H,24,26,27). The number of nitrogens with one attached hydrogen (secondary N) is 2. The molecule has 6 nitrogen and oxygen atoms in total. The number of benzene rings is 1. The van der Waals surface area contributed by atoms with E-state index in [0.717, 1.165) is 33.3 Å². The molecule has 4 bridgehead atoms. The maximum absolute atomic E-state index is 12.6. The Morgan fingerprint density at radius 1 is 1.10 bits per heavy atom. The minimum Gasteiger partial charge on any atom is -0.324 e. The van der Waals surface area contributed by atoms with Gasteiger partial charge in [-0.1, -0.05) is 23.5 Å². The molecule has 30 heavy (non-hydrogen) atoms. The van der Waals surface area contributed by atoms with E-state index in [-0.39, 0.29) is 23.7 Å². The number of amides is 2. The molecule has 0 radical (unpaired) electrons. The lowest BCUT2D eigenvalue weighted by Crippen LogP contribution is -2.48. The van der Waals surface area contributed by atoms with Crippen LogP contribution in [0.5, 0.6) is 0 Å². The van der Waals surface area contributed by atoms with Gasteiger partial charge < -0.3 is 10.6 Å². The molecule has 4 aliphatic carbocycles. The number of carbonyl (C=O) groups is 2.